The molecule has 72 valence electrons. The van der Waals surface area contributed by atoms with E-state index in [1.807, 2.05) is 31.2 Å². The maximum Gasteiger partial charge on any atom is 0.128 e. The average molecular weight is 188 g/mol. The van der Waals surface area contributed by atoms with Crippen molar-refractivity contribution in [3.63, 3.8) is 0 Å². The van der Waals surface area contributed by atoms with E-state index in [2.05, 4.69) is 5.16 Å². The molecule has 1 aromatic carbocycles. The number of rotatable bonds is 2. The van der Waals surface area contributed by atoms with Gasteiger partial charge in [0, 0.05) is 17.7 Å². The van der Waals surface area contributed by atoms with Crippen LogP contribution in [0.15, 0.2) is 35.1 Å². The fourth-order valence-corrected chi connectivity index (χ4v) is 1.46. The van der Waals surface area contributed by atoms with Gasteiger partial charge in [-0.15, -0.1) is 0 Å². The van der Waals surface area contributed by atoms with Crippen LogP contribution in [0.5, 0.6) is 0 Å². The second kappa shape index (κ2) is 3.64. The molecule has 0 aliphatic carbocycles. The first kappa shape index (κ1) is 8.97. The molecule has 0 aliphatic rings. The van der Waals surface area contributed by atoms with Crippen molar-refractivity contribution in [3.8, 4) is 11.3 Å². The highest BCUT2D eigenvalue weighted by Gasteiger charge is 2.09. The highest BCUT2D eigenvalue weighted by molar-refractivity contribution is 5.65. The molecule has 3 heteroatoms. The summed E-state index contributed by atoms with van der Waals surface area (Å²) in [6.45, 7) is 2.50. The fraction of sp³-hybridized carbons (Fsp3) is 0.182. The Kier molecular flexibility index (Phi) is 2.33. The summed E-state index contributed by atoms with van der Waals surface area (Å²) in [6, 6.07) is 8.05. The van der Waals surface area contributed by atoms with Gasteiger partial charge in [-0.2, -0.15) is 0 Å². The molecule has 0 bridgehead atoms. The van der Waals surface area contributed by atoms with Crippen molar-refractivity contribution in [1.82, 2.24) is 5.16 Å². The quantitative estimate of drug-likeness (QED) is 0.785. The van der Waals surface area contributed by atoms with E-state index < -0.39 is 0 Å². The monoisotopic (exact) mass is 188 g/mol. The number of benzene rings is 1. The maximum atomic E-state index is 5.58. The summed E-state index contributed by atoms with van der Waals surface area (Å²) in [6.07, 6.45) is 1.60. The first-order valence-corrected chi connectivity index (χ1v) is 4.52. The largest absolute Gasteiger partial charge is 0.364 e. The average Bonchev–Trinajstić information content (AvgIpc) is 2.66. The molecule has 0 amide bonds. The van der Waals surface area contributed by atoms with Gasteiger partial charge in [0.25, 0.3) is 0 Å². The van der Waals surface area contributed by atoms with Gasteiger partial charge < -0.3 is 10.3 Å². The molecule has 14 heavy (non-hydrogen) atoms. The molecule has 0 unspecified atom stereocenters. The van der Waals surface area contributed by atoms with E-state index in [0.717, 1.165) is 16.8 Å². The smallest absolute Gasteiger partial charge is 0.128 e. The van der Waals surface area contributed by atoms with Gasteiger partial charge in [0.05, 0.1) is 0 Å². The molecular formula is C11H12N2O. The predicted octanol–water partition coefficient (Wildman–Crippen LogP) is 2.11. The molecule has 0 radical (unpaired) electrons. The molecule has 0 aliphatic heterocycles. The molecular weight excluding hydrogens is 176 g/mol. The van der Waals surface area contributed by atoms with Gasteiger partial charge in [0.1, 0.15) is 12.0 Å². The van der Waals surface area contributed by atoms with Crippen molar-refractivity contribution >= 4 is 0 Å². The van der Waals surface area contributed by atoms with Crippen LogP contribution in [0.3, 0.4) is 0 Å². The van der Waals surface area contributed by atoms with Crippen LogP contribution in [0.2, 0.25) is 0 Å². The van der Waals surface area contributed by atoms with Crippen LogP contribution in [0, 0.1) is 6.92 Å². The third-order valence-corrected chi connectivity index (χ3v) is 2.26. The van der Waals surface area contributed by atoms with Gasteiger partial charge in [-0.25, -0.2) is 0 Å². The lowest BCUT2D eigenvalue weighted by atomic mass is 10.0. The van der Waals surface area contributed by atoms with E-state index in [4.69, 9.17) is 10.3 Å². The molecule has 2 N–H and O–H groups in total. The third-order valence-electron chi connectivity index (χ3n) is 2.26. The Balaban J connectivity index is 2.54. The Labute approximate surface area is 82.5 Å². The summed E-state index contributed by atoms with van der Waals surface area (Å²) in [5.74, 6) is 0. The summed E-state index contributed by atoms with van der Waals surface area (Å²) in [4.78, 5) is 0. The van der Waals surface area contributed by atoms with Crippen LogP contribution in [0.4, 0.5) is 0 Å². The second-order valence-corrected chi connectivity index (χ2v) is 3.21. The zero-order valence-electron chi connectivity index (χ0n) is 8.03. The van der Waals surface area contributed by atoms with Crippen molar-refractivity contribution in [1.29, 1.82) is 0 Å². The van der Waals surface area contributed by atoms with E-state index in [0.29, 0.717) is 6.54 Å². The zero-order valence-corrected chi connectivity index (χ0v) is 8.03. The standard InChI is InChI=1S/C11H12N2O/c1-8-4-2-3-5-10(8)11-9(6-12)7-14-13-11/h2-5,7H,6,12H2,1H3. The minimum absolute atomic E-state index is 0.452. The van der Waals surface area contributed by atoms with Crippen molar-refractivity contribution < 1.29 is 4.52 Å². The molecule has 2 rings (SSSR count). The summed E-state index contributed by atoms with van der Waals surface area (Å²) >= 11 is 0. The Hall–Kier alpha value is -1.61. The van der Waals surface area contributed by atoms with Gasteiger partial charge >= 0.3 is 0 Å². The van der Waals surface area contributed by atoms with Gasteiger partial charge in [0.2, 0.25) is 0 Å². The second-order valence-electron chi connectivity index (χ2n) is 3.21. The maximum absolute atomic E-state index is 5.58. The molecule has 1 heterocycles. The Morgan fingerprint density at radius 1 is 1.36 bits per heavy atom. The van der Waals surface area contributed by atoms with Gasteiger partial charge in [-0.3, -0.25) is 0 Å². The summed E-state index contributed by atoms with van der Waals surface area (Å²) in [7, 11) is 0. The van der Waals surface area contributed by atoms with Crippen LogP contribution < -0.4 is 5.73 Å². The lowest BCUT2D eigenvalue weighted by Crippen LogP contribution is -1.97. The number of hydrogen-bond acceptors (Lipinski definition) is 3. The van der Waals surface area contributed by atoms with E-state index in [9.17, 15) is 0 Å². The normalized spacial score (nSPS) is 10.4. The highest BCUT2D eigenvalue weighted by Crippen LogP contribution is 2.24. The fourth-order valence-electron chi connectivity index (χ4n) is 1.46. The number of nitrogens with zero attached hydrogens (tertiary/aromatic N) is 1. The molecule has 0 saturated heterocycles. The SMILES string of the molecule is Cc1ccccc1-c1nocc1CN. The molecule has 1 aromatic heterocycles. The van der Waals surface area contributed by atoms with Gasteiger partial charge in [0.15, 0.2) is 0 Å². The Bertz CT molecular complexity index is 434. The zero-order chi connectivity index (χ0) is 9.97. The molecule has 3 nitrogen and oxygen atoms in total. The van der Waals surface area contributed by atoms with Crippen molar-refractivity contribution in [2.24, 2.45) is 5.73 Å². The highest BCUT2D eigenvalue weighted by atomic mass is 16.5. The number of hydrogen-bond donors (Lipinski definition) is 1. The summed E-state index contributed by atoms with van der Waals surface area (Å²) < 4.78 is 4.92. The van der Waals surface area contributed by atoms with Gasteiger partial charge in [-0.1, -0.05) is 29.4 Å². The third kappa shape index (κ3) is 1.42. The number of aromatic nitrogens is 1. The van der Waals surface area contributed by atoms with E-state index in [1.54, 1.807) is 6.26 Å². The van der Waals surface area contributed by atoms with E-state index >= 15 is 0 Å². The van der Waals surface area contributed by atoms with Crippen molar-refractivity contribution in [2.45, 2.75) is 13.5 Å². The Morgan fingerprint density at radius 2 is 2.14 bits per heavy atom. The van der Waals surface area contributed by atoms with E-state index in [-0.39, 0.29) is 0 Å². The van der Waals surface area contributed by atoms with E-state index in [1.165, 1.54) is 5.56 Å². The lowest BCUT2D eigenvalue weighted by molar-refractivity contribution is 0.421. The predicted molar refractivity (Wildman–Crippen MR) is 54.6 cm³/mol. The minimum Gasteiger partial charge on any atom is -0.364 e. The first-order valence-electron chi connectivity index (χ1n) is 4.52. The summed E-state index contributed by atoms with van der Waals surface area (Å²) in [5, 5.41) is 3.96. The number of nitrogens with two attached hydrogens (primary N) is 1. The summed E-state index contributed by atoms with van der Waals surface area (Å²) in [5.41, 5.74) is 9.64. The molecule has 0 atom stereocenters. The minimum atomic E-state index is 0.452. The van der Waals surface area contributed by atoms with Crippen LogP contribution >= 0.6 is 0 Å². The van der Waals surface area contributed by atoms with Crippen molar-refractivity contribution in [3.05, 3.63) is 41.7 Å². The van der Waals surface area contributed by atoms with Crippen LogP contribution in [-0.4, -0.2) is 5.16 Å². The molecule has 0 fully saturated rings. The lowest BCUT2D eigenvalue weighted by Gasteiger charge is -2.02. The van der Waals surface area contributed by atoms with Crippen molar-refractivity contribution in [2.75, 3.05) is 0 Å². The number of aryl methyl sites for hydroxylation is 1. The topological polar surface area (TPSA) is 52.0 Å². The molecule has 2 aromatic rings. The van der Waals surface area contributed by atoms with Crippen LogP contribution in [0.1, 0.15) is 11.1 Å². The van der Waals surface area contributed by atoms with Gasteiger partial charge in [-0.05, 0) is 12.5 Å². The molecule has 0 saturated carbocycles. The first-order chi connectivity index (χ1) is 6.83. The Morgan fingerprint density at radius 3 is 2.86 bits per heavy atom. The van der Waals surface area contributed by atoms with Crippen LogP contribution in [-0.2, 0) is 6.54 Å². The van der Waals surface area contributed by atoms with Crippen LogP contribution in [0.25, 0.3) is 11.3 Å². The molecule has 0 spiro atoms.